The number of sulfonamides is 1. The van der Waals surface area contributed by atoms with Crippen LogP contribution in [0.4, 0.5) is 15.9 Å². The predicted octanol–water partition coefficient (Wildman–Crippen LogP) is 3.48. The van der Waals surface area contributed by atoms with Gasteiger partial charge in [0, 0.05) is 35.5 Å². The maximum Gasteiger partial charge on any atom is 0.263 e. The number of hydrogen-bond acceptors (Lipinski definition) is 4. The Balaban J connectivity index is 1.74. The van der Waals surface area contributed by atoms with Crippen LogP contribution in [-0.2, 0) is 21.4 Å². The molecule has 0 atom stereocenters. The zero-order chi connectivity index (χ0) is 20.3. The summed E-state index contributed by atoms with van der Waals surface area (Å²) in [7, 11) is -3.87. The number of nitrogens with one attached hydrogen (secondary N) is 2. The fourth-order valence-corrected chi connectivity index (χ4v) is 3.69. The highest BCUT2D eigenvalue weighted by Gasteiger charge is 2.16. The van der Waals surface area contributed by atoms with Crippen LogP contribution in [0, 0.1) is 5.82 Å². The quantitative estimate of drug-likeness (QED) is 0.636. The van der Waals surface area contributed by atoms with Crippen molar-refractivity contribution in [3.8, 4) is 0 Å². The van der Waals surface area contributed by atoms with Gasteiger partial charge in [0.25, 0.3) is 10.0 Å². The van der Waals surface area contributed by atoms with Gasteiger partial charge in [-0.15, -0.1) is 0 Å². The highest BCUT2D eigenvalue weighted by molar-refractivity contribution is 7.92. The molecule has 0 saturated heterocycles. The van der Waals surface area contributed by atoms with Gasteiger partial charge in [-0.2, -0.15) is 5.10 Å². The molecule has 1 aromatic heterocycles. The number of carbonyl (C=O) groups is 1. The van der Waals surface area contributed by atoms with Gasteiger partial charge in [0.2, 0.25) is 5.91 Å². The van der Waals surface area contributed by atoms with Crippen LogP contribution in [-0.4, -0.2) is 24.1 Å². The summed E-state index contributed by atoms with van der Waals surface area (Å²) < 4.78 is 42.6. The lowest BCUT2D eigenvalue weighted by Gasteiger charge is -2.08. The Kier molecular flexibility index (Phi) is 5.66. The van der Waals surface area contributed by atoms with Crippen molar-refractivity contribution in [2.24, 2.45) is 0 Å². The molecule has 2 aromatic carbocycles. The molecule has 0 aliphatic heterocycles. The number of rotatable bonds is 6. The lowest BCUT2D eigenvalue weighted by molar-refractivity contribution is -0.114. The summed E-state index contributed by atoms with van der Waals surface area (Å²) in [4.78, 5) is 11.0. The number of benzene rings is 2. The number of aromatic nitrogens is 2. The summed E-state index contributed by atoms with van der Waals surface area (Å²) in [5, 5.41) is 6.92. The van der Waals surface area contributed by atoms with E-state index in [0.717, 1.165) is 0 Å². The minimum atomic E-state index is -3.87. The van der Waals surface area contributed by atoms with Gasteiger partial charge >= 0.3 is 0 Å². The van der Waals surface area contributed by atoms with Crippen molar-refractivity contribution in [3.63, 3.8) is 0 Å². The van der Waals surface area contributed by atoms with Gasteiger partial charge in [-0.25, -0.2) is 12.8 Å². The summed E-state index contributed by atoms with van der Waals surface area (Å²) in [6.45, 7) is 1.41. The van der Waals surface area contributed by atoms with Gasteiger partial charge in [-0.05, 0) is 36.4 Å². The molecule has 0 spiro atoms. The third-order valence-electron chi connectivity index (χ3n) is 3.75. The first-order valence-electron chi connectivity index (χ1n) is 8.11. The van der Waals surface area contributed by atoms with Crippen molar-refractivity contribution < 1.29 is 17.6 Å². The van der Waals surface area contributed by atoms with Gasteiger partial charge in [0.1, 0.15) is 5.82 Å². The van der Waals surface area contributed by atoms with Gasteiger partial charge in [0.05, 0.1) is 11.4 Å². The molecular formula is C18H16ClFN4O3S. The zero-order valence-corrected chi connectivity index (χ0v) is 16.3. The fourth-order valence-electron chi connectivity index (χ4n) is 2.47. The van der Waals surface area contributed by atoms with Crippen molar-refractivity contribution in [2.45, 2.75) is 18.4 Å². The number of nitrogens with zero attached hydrogens (tertiary/aromatic N) is 2. The van der Waals surface area contributed by atoms with E-state index in [2.05, 4.69) is 15.1 Å². The second-order valence-corrected chi connectivity index (χ2v) is 8.00. The number of amides is 1. The molecule has 3 aromatic rings. The molecule has 1 amide bonds. The van der Waals surface area contributed by atoms with Crippen molar-refractivity contribution in [1.29, 1.82) is 0 Å². The average Bonchev–Trinajstić information content (AvgIpc) is 3.04. The van der Waals surface area contributed by atoms with Crippen LogP contribution < -0.4 is 10.0 Å². The Bertz CT molecular complexity index is 1090. The lowest BCUT2D eigenvalue weighted by Crippen LogP contribution is -2.14. The van der Waals surface area contributed by atoms with Crippen LogP contribution in [0.3, 0.4) is 0 Å². The van der Waals surface area contributed by atoms with Crippen LogP contribution in [0.15, 0.2) is 59.6 Å². The standard InChI is InChI=1S/C18H16ClFN4O3S/c1-12(25)21-13-5-7-14(8-6-13)28(26,27)23-18-9-10-24(22-18)11-15-16(19)3-2-4-17(15)20/h2-10H,11H2,1H3,(H,21,25)(H,22,23). The molecule has 28 heavy (non-hydrogen) atoms. The second kappa shape index (κ2) is 7.99. The smallest absolute Gasteiger partial charge is 0.263 e. The average molecular weight is 423 g/mol. The van der Waals surface area contributed by atoms with E-state index in [1.807, 2.05) is 0 Å². The van der Waals surface area contributed by atoms with Gasteiger partial charge in [-0.3, -0.25) is 14.2 Å². The van der Waals surface area contributed by atoms with E-state index in [-0.39, 0.29) is 33.8 Å². The normalized spacial score (nSPS) is 11.2. The monoisotopic (exact) mass is 422 g/mol. The molecular weight excluding hydrogens is 407 g/mol. The number of carbonyl (C=O) groups excluding carboxylic acids is 1. The predicted molar refractivity (Wildman–Crippen MR) is 104 cm³/mol. The van der Waals surface area contributed by atoms with Crippen LogP contribution in [0.5, 0.6) is 0 Å². The zero-order valence-electron chi connectivity index (χ0n) is 14.7. The third-order valence-corrected chi connectivity index (χ3v) is 5.47. The molecule has 0 fully saturated rings. The number of hydrogen-bond donors (Lipinski definition) is 2. The summed E-state index contributed by atoms with van der Waals surface area (Å²) in [6.07, 6.45) is 1.51. The first-order chi connectivity index (χ1) is 13.2. The molecule has 0 bridgehead atoms. The second-order valence-electron chi connectivity index (χ2n) is 5.91. The highest BCUT2D eigenvalue weighted by atomic mass is 35.5. The van der Waals surface area contributed by atoms with Crippen molar-refractivity contribution >= 4 is 39.0 Å². The first-order valence-corrected chi connectivity index (χ1v) is 9.97. The molecule has 146 valence electrons. The topological polar surface area (TPSA) is 93.1 Å². The van der Waals surface area contributed by atoms with Crippen LogP contribution in [0.2, 0.25) is 5.02 Å². The van der Waals surface area contributed by atoms with Crippen LogP contribution in [0.25, 0.3) is 0 Å². The van der Waals surface area contributed by atoms with Crippen molar-refractivity contribution in [2.75, 3.05) is 10.0 Å². The number of halogens is 2. The molecule has 0 saturated carbocycles. The highest BCUT2D eigenvalue weighted by Crippen LogP contribution is 2.21. The summed E-state index contributed by atoms with van der Waals surface area (Å²) in [6, 6.07) is 11.5. The molecule has 0 aliphatic rings. The Labute approximate surface area is 166 Å². The summed E-state index contributed by atoms with van der Waals surface area (Å²) in [5.74, 6) is -0.642. The van der Waals surface area contributed by atoms with Gasteiger partial charge in [-0.1, -0.05) is 17.7 Å². The van der Waals surface area contributed by atoms with Gasteiger partial charge in [0.15, 0.2) is 5.82 Å². The van der Waals surface area contributed by atoms with Gasteiger partial charge < -0.3 is 5.32 Å². The Morgan fingerprint density at radius 1 is 1.18 bits per heavy atom. The van der Waals surface area contributed by atoms with Crippen molar-refractivity contribution in [3.05, 3.63) is 71.1 Å². The third kappa shape index (κ3) is 4.68. The molecule has 0 unspecified atom stereocenters. The molecule has 3 rings (SSSR count). The van der Waals surface area contributed by atoms with E-state index in [1.165, 1.54) is 60.3 Å². The Morgan fingerprint density at radius 3 is 2.54 bits per heavy atom. The summed E-state index contributed by atoms with van der Waals surface area (Å²) >= 11 is 6.00. The molecule has 10 heteroatoms. The maximum atomic E-state index is 13.9. The van der Waals surface area contributed by atoms with Crippen LogP contribution >= 0.6 is 11.6 Å². The maximum absolute atomic E-state index is 13.9. The molecule has 7 nitrogen and oxygen atoms in total. The first kappa shape index (κ1) is 19.8. The van der Waals surface area contributed by atoms with E-state index in [0.29, 0.717) is 5.69 Å². The minimum Gasteiger partial charge on any atom is -0.326 e. The van der Waals surface area contributed by atoms with Crippen LogP contribution in [0.1, 0.15) is 12.5 Å². The molecule has 0 aliphatic carbocycles. The SMILES string of the molecule is CC(=O)Nc1ccc(S(=O)(=O)Nc2ccn(Cc3c(F)cccc3Cl)n2)cc1. The molecule has 2 N–H and O–H groups in total. The minimum absolute atomic E-state index is 0.00769. The van der Waals surface area contributed by atoms with Crippen molar-refractivity contribution in [1.82, 2.24) is 9.78 Å². The van der Waals surface area contributed by atoms with E-state index in [4.69, 9.17) is 11.6 Å². The van der Waals surface area contributed by atoms with E-state index < -0.39 is 15.8 Å². The Hall–Kier alpha value is -2.91. The molecule has 0 radical (unpaired) electrons. The Morgan fingerprint density at radius 2 is 1.89 bits per heavy atom. The molecule has 1 heterocycles. The fraction of sp³-hybridized carbons (Fsp3) is 0.111. The number of anilines is 2. The lowest BCUT2D eigenvalue weighted by atomic mass is 10.2. The van der Waals surface area contributed by atoms with E-state index in [1.54, 1.807) is 6.07 Å². The largest absolute Gasteiger partial charge is 0.326 e. The van der Waals surface area contributed by atoms with E-state index in [9.17, 15) is 17.6 Å². The summed E-state index contributed by atoms with van der Waals surface area (Å²) in [5.41, 5.74) is 0.743. The van der Waals surface area contributed by atoms with E-state index >= 15 is 0 Å².